The number of carbonyl (C=O) groups excluding carboxylic acids is 12. The summed E-state index contributed by atoms with van der Waals surface area (Å²) in [5.41, 5.74) is 0.273. The number of carbonyl (C=O) groups is 12. The molecule has 0 aromatic heterocycles. The summed E-state index contributed by atoms with van der Waals surface area (Å²) in [5, 5.41) is 80.5. The van der Waals surface area contributed by atoms with Crippen LogP contribution in [0.4, 0.5) is 0 Å². The van der Waals surface area contributed by atoms with Crippen LogP contribution in [0.15, 0.2) is 109 Å². The fourth-order valence-electron chi connectivity index (χ4n) is 4.55. The molecule has 0 N–H and O–H groups in total. The van der Waals surface area contributed by atoms with Gasteiger partial charge in [0.05, 0.1) is 12.1 Å². The largest absolute Gasteiger partial charge is 3.00 e. The molecule has 6 rings (SSSR count). The Bertz CT molecular complexity index is 2280. The molecule has 382 valence electrons. The van der Waals surface area contributed by atoms with Crippen LogP contribution in [0.2, 0.25) is 0 Å². The van der Waals surface area contributed by atoms with Gasteiger partial charge >= 0.3 is 76.3 Å². The van der Waals surface area contributed by atoms with Crippen molar-refractivity contribution in [3.05, 3.63) is 176 Å². The molecular weight excluding hydrogens is 1270 g/mol. The maximum Gasteiger partial charge on any atom is 3.00 e. The van der Waals surface area contributed by atoms with Crippen LogP contribution in [-0.4, -0.2) is 75.4 Å². The Morgan fingerprint density at radius 2 is 0.324 bits per heavy atom. The molecule has 6 aromatic rings. The first kappa shape index (κ1) is 72.2. The number of para-hydroxylation sites is 6. The molecule has 0 aliphatic carbocycles. The van der Waals surface area contributed by atoms with Crippen LogP contribution in [0.1, 0.15) is 138 Å². The molecule has 22 heteroatoms. The van der Waals surface area contributed by atoms with E-state index >= 15 is 0 Å². The first-order valence-electron chi connectivity index (χ1n) is 19.4. The second kappa shape index (κ2) is 43.5. The van der Waals surface area contributed by atoms with Gasteiger partial charge in [0.2, 0.25) is 0 Å². The smallest absolute Gasteiger partial charge is 0.871 e. The Morgan fingerprint density at radius 3 is 0.378 bits per heavy atom. The first-order chi connectivity index (χ1) is 34.6. The van der Waals surface area contributed by atoms with Crippen molar-refractivity contribution < 1.29 is 165 Å². The van der Waals surface area contributed by atoms with Crippen molar-refractivity contribution in [2.24, 2.45) is 0 Å². The van der Waals surface area contributed by atoms with Gasteiger partial charge in [-0.15, -0.1) is 0 Å². The summed E-state index contributed by atoms with van der Waals surface area (Å²) >= 11 is 0. The van der Waals surface area contributed by atoms with Crippen LogP contribution in [0.3, 0.4) is 0 Å². The van der Waals surface area contributed by atoms with Crippen molar-refractivity contribution in [3.8, 4) is 46.6 Å². The van der Waals surface area contributed by atoms with Crippen LogP contribution in [0.25, 0.3) is 0 Å². The summed E-state index contributed by atoms with van der Waals surface area (Å²) in [6.45, 7) is 2.86. The Labute approximate surface area is 482 Å². The second-order valence-corrected chi connectivity index (χ2v) is 12.5. The number of hydrogen-bond acceptors (Lipinski definition) is 20. The van der Waals surface area contributed by atoms with E-state index in [1.165, 1.54) is 123 Å². The van der Waals surface area contributed by atoms with E-state index < -0.39 is 34.5 Å². The second-order valence-electron chi connectivity index (χ2n) is 12.5. The fourth-order valence-corrected chi connectivity index (χ4v) is 4.55. The number of nitrogens with zero attached hydrogens (tertiary/aromatic N) is 2. The Morgan fingerprint density at radius 1 is 0.257 bits per heavy atom. The van der Waals surface area contributed by atoms with E-state index in [1.54, 1.807) is 12.1 Å². The Balaban J connectivity index is -0.000000386. The molecule has 0 spiro atoms. The number of nitriles is 2. The summed E-state index contributed by atoms with van der Waals surface area (Å²) in [4.78, 5) is 122. The normalized spacial score (nSPS) is 8.32. The molecule has 0 fully saturated rings. The van der Waals surface area contributed by atoms with Gasteiger partial charge in [0, 0.05) is 80.6 Å². The third kappa shape index (κ3) is 25.2. The van der Waals surface area contributed by atoms with Crippen molar-refractivity contribution in [3.63, 3.8) is 0 Å². The molecule has 0 saturated carbocycles. The zero-order chi connectivity index (χ0) is 55.0. The van der Waals surface area contributed by atoms with Crippen molar-refractivity contribution in [2.45, 2.75) is 13.8 Å². The number of benzene rings is 6. The summed E-state index contributed by atoms with van der Waals surface area (Å²) in [6, 6.07) is 29.0. The number of hydrogen-bond donors (Lipinski definition) is 0. The monoisotopic (exact) mass is 1300 g/mol. The summed E-state index contributed by atoms with van der Waals surface area (Å²) in [7, 11) is 0. The Kier molecular flexibility index (Phi) is 42.4. The molecule has 0 heterocycles. The van der Waals surface area contributed by atoms with Crippen LogP contribution < -0.4 is 30.6 Å². The molecule has 2 radical (unpaired) electrons. The van der Waals surface area contributed by atoms with Crippen molar-refractivity contribution in [1.82, 2.24) is 0 Å². The zero-order valence-electron chi connectivity index (χ0n) is 38.2. The molecular formula is C52H36Dy2N2O18. The van der Waals surface area contributed by atoms with E-state index in [-0.39, 0.29) is 143 Å². The maximum atomic E-state index is 11.0. The van der Waals surface area contributed by atoms with Gasteiger partial charge in [0.1, 0.15) is 75.4 Å². The average molecular weight is 1300 g/mol. The van der Waals surface area contributed by atoms with Crippen LogP contribution in [0, 0.1) is 99.0 Å². The van der Waals surface area contributed by atoms with Crippen LogP contribution in [0.5, 0.6) is 34.5 Å². The van der Waals surface area contributed by atoms with E-state index in [2.05, 4.69) is 0 Å². The van der Waals surface area contributed by atoms with Gasteiger partial charge in [0.25, 0.3) is 0 Å². The average Bonchev–Trinajstić information content (AvgIpc) is 3.40. The standard InChI is InChI=1S/6C8H6O3.2C2H3N.2Dy/c6*9-4-6-2-1-3-7(5-10)8(6)11;2*1-2-3;;/h6*1-5,11H;2*1H3;;/q;;;;;;;;2*+3/p-6. The van der Waals surface area contributed by atoms with E-state index in [4.69, 9.17) is 10.5 Å². The van der Waals surface area contributed by atoms with Crippen molar-refractivity contribution in [1.29, 1.82) is 10.5 Å². The molecule has 0 amide bonds. The molecule has 74 heavy (non-hydrogen) atoms. The third-order valence-corrected chi connectivity index (χ3v) is 7.98. The zero-order valence-corrected chi connectivity index (χ0v) is 42.3. The van der Waals surface area contributed by atoms with E-state index in [9.17, 15) is 88.2 Å². The summed E-state index contributed by atoms with van der Waals surface area (Å²) in [5.74, 6) is -3.01. The number of aldehydes is 12. The van der Waals surface area contributed by atoms with Gasteiger partial charge in [0.15, 0.2) is 0 Å². The van der Waals surface area contributed by atoms with Crippen LogP contribution >= 0.6 is 0 Å². The van der Waals surface area contributed by atoms with E-state index in [0.29, 0.717) is 75.4 Å². The topological polar surface area (TPSA) is 391 Å². The van der Waals surface area contributed by atoms with Gasteiger partial charge in [-0.1, -0.05) is 144 Å². The maximum absolute atomic E-state index is 11.0. The van der Waals surface area contributed by atoms with Gasteiger partial charge < -0.3 is 30.6 Å². The molecule has 0 atom stereocenters. The predicted molar refractivity (Wildman–Crippen MR) is 243 cm³/mol. The minimum atomic E-state index is -0.502. The quantitative estimate of drug-likeness (QED) is 0.158. The molecule has 0 unspecified atom stereocenters. The third-order valence-electron chi connectivity index (χ3n) is 7.98. The summed E-state index contributed by atoms with van der Waals surface area (Å²) in [6.07, 6.45) is 5.28. The molecule has 0 bridgehead atoms. The van der Waals surface area contributed by atoms with Crippen molar-refractivity contribution in [2.75, 3.05) is 0 Å². The van der Waals surface area contributed by atoms with Crippen molar-refractivity contribution >= 4 is 75.4 Å². The molecule has 0 saturated heterocycles. The summed E-state index contributed by atoms with van der Waals surface area (Å²) < 4.78 is 0. The number of rotatable bonds is 12. The van der Waals surface area contributed by atoms with Gasteiger partial charge in [-0.3, -0.25) is 57.5 Å². The first-order valence-corrected chi connectivity index (χ1v) is 19.4. The van der Waals surface area contributed by atoms with E-state index in [0.717, 1.165) is 0 Å². The van der Waals surface area contributed by atoms with Gasteiger partial charge in [-0.25, -0.2) is 0 Å². The molecule has 0 aliphatic rings. The van der Waals surface area contributed by atoms with Gasteiger partial charge in [-0.2, -0.15) is 10.5 Å². The molecule has 20 nitrogen and oxygen atoms in total. The molecule has 6 aromatic carbocycles. The minimum absolute atomic E-state index is 0. The van der Waals surface area contributed by atoms with E-state index in [1.807, 2.05) is 0 Å². The van der Waals surface area contributed by atoms with Crippen LogP contribution in [-0.2, 0) is 0 Å². The predicted octanol–water partition coefficient (Wildman–Crippen LogP) is 3.37. The SMILES string of the molecule is CC#N.CC#N.O=Cc1cccc(C=O)c1[O-].O=Cc1cccc(C=O)c1[O-].O=Cc1cccc(C=O)c1[O-].O=Cc1cccc(C=O)c1[O-].O=Cc1cccc(C=O)c1[O-].O=Cc1cccc(C=O)c1[O-].[Dy+3].[Dy+3]. The fraction of sp³-hybridized carbons (Fsp3) is 0.0385. The van der Waals surface area contributed by atoms with Gasteiger partial charge in [-0.05, 0) is 0 Å². The molecule has 0 aliphatic heterocycles. The Hall–Kier alpha value is -8.31. The minimum Gasteiger partial charge on any atom is -0.871 e.